The van der Waals surface area contributed by atoms with Crippen LogP contribution < -0.4 is 10.4 Å². The molecule has 0 saturated heterocycles. The van der Waals surface area contributed by atoms with E-state index in [1.807, 2.05) is 0 Å². The van der Waals surface area contributed by atoms with E-state index in [2.05, 4.69) is 0 Å². The highest BCUT2D eigenvalue weighted by Gasteiger charge is 2.41. The van der Waals surface area contributed by atoms with Gasteiger partial charge in [0.1, 0.15) is 0 Å². The molecule has 0 unspecified atom stereocenters. The molecule has 5 rings (SSSR count). The van der Waals surface area contributed by atoms with Crippen LogP contribution in [0.3, 0.4) is 0 Å². The Morgan fingerprint density at radius 3 is 1.02 bits per heavy atom. The van der Waals surface area contributed by atoms with Crippen molar-refractivity contribution in [3.8, 4) is 22.3 Å². The maximum Gasteiger partial charge on any atom is 0.417 e. The fourth-order valence-corrected chi connectivity index (χ4v) is 6.70. The highest BCUT2D eigenvalue weighted by atomic mass is 19.4. The van der Waals surface area contributed by atoms with Crippen LogP contribution in [0.25, 0.3) is 33.4 Å². The molecule has 0 bridgehead atoms. The molecule has 0 nitrogen and oxygen atoms in total. The minimum Gasteiger partial charge on any atom is -0.166 e. The third kappa shape index (κ3) is 10.8. The molecule has 0 fully saturated rings. The number of hydrogen-bond acceptors (Lipinski definition) is 0. The number of hydrogen-bond donors (Lipinski definition) is 0. The van der Waals surface area contributed by atoms with Crippen molar-refractivity contribution in [3.05, 3.63) is 151 Å². The minimum absolute atomic E-state index is 0.0758. The number of rotatable bonds is 4. The number of alkyl halides is 21. The Kier molecular flexibility index (Phi) is 12.2. The summed E-state index contributed by atoms with van der Waals surface area (Å²) in [5.41, 5.74) is -22.5. The summed E-state index contributed by atoms with van der Waals surface area (Å²) in [5.74, 6) is 0. The van der Waals surface area contributed by atoms with Crippen molar-refractivity contribution in [2.45, 2.75) is 64.0 Å². The van der Waals surface area contributed by atoms with Gasteiger partial charge in [0.25, 0.3) is 0 Å². The Balaban J connectivity index is 2.23. The van der Waals surface area contributed by atoms with Gasteiger partial charge in [-0.3, -0.25) is 0 Å². The number of benzene rings is 5. The van der Waals surface area contributed by atoms with Gasteiger partial charge >= 0.3 is 43.2 Å². The summed E-state index contributed by atoms with van der Waals surface area (Å²) in [7, 11) is 0. The smallest absolute Gasteiger partial charge is 0.166 e. The van der Waals surface area contributed by atoms with Crippen LogP contribution in [0.2, 0.25) is 0 Å². The van der Waals surface area contributed by atoms with Gasteiger partial charge < -0.3 is 0 Å². The lowest BCUT2D eigenvalue weighted by atomic mass is 9.87. The largest absolute Gasteiger partial charge is 0.417 e. The molecule has 0 radical (unpaired) electrons. The fraction of sp³-hybridized carbons (Fsp3) is 0.238. The zero-order chi connectivity index (χ0) is 47.8. The molecule has 338 valence electrons. The number of aryl methyl sites for hydroxylation is 2. The lowest BCUT2D eigenvalue weighted by Gasteiger charge is -2.21. The van der Waals surface area contributed by atoms with Crippen molar-refractivity contribution in [2.24, 2.45) is 0 Å². The van der Waals surface area contributed by atoms with Gasteiger partial charge in [0.05, 0.1) is 39.0 Å². The Labute approximate surface area is 340 Å². The summed E-state index contributed by atoms with van der Waals surface area (Å²) in [4.78, 5) is 0. The molecule has 0 aliphatic rings. The summed E-state index contributed by atoms with van der Waals surface area (Å²) in [6.07, 6.45) is -39.0. The molecule has 21 heteroatoms. The average molecular weight is 927 g/mol. The van der Waals surface area contributed by atoms with Crippen molar-refractivity contribution in [3.63, 3.8) is 0 Å². The first-order valence-electron chi connectivity index (χ1n) is 17.3. The molecule has 0 N–H and O–H groups in total. The Morgan fingerprint density at radius 2 is 0.619 bits per heavy atom. The fourth-order valence-electron chi connectivity index (χ4n) is 6.70. The van der Waals surface area contributed by atoms with Crippen LogP contribution in [0.4, 0.5) is 92.2 Å². The van der Waals surface area contributed by atoms with Gasteiger partial charge in [0.15, 0.2) is 0 Å². The molecule has 0 aromatic heterocycles. The highest BCUT2D eigenvalue weighted by Crippen LogP contribution is 2.42. The quantitative estimate of drug-likeness (QED) is 0.158. The van der Waals surface area contributed by atoms with E-state index in [9.17, 15) is 79.0 Å². The first-order chi connectivity index (χ1) is 28.4. The maximum absolute atomic E-state index is 15.5. The zero-order valence-corrected chi connectivity index (χ0v) is 31.5. The predicted octanol–water partition coefficient (Wildman–Crippen LogP) is 14.7. The van der Waals surface area contributed by atoms with Gasteiger partial charge in [-0.25, -0.2) is 0 Å². The summed E-state index contributed by atoms with van der Waals surface area (Å²) >= 11 is 0. The molecular formula is C42H23F21. The van der Waals surface area contributed by atoms with Crippen LogP contribution in [-0.2, 0) is 37.1 Å². The molecule has 0 aliphatic heterocycles. The van der Waals surface area contributed by atoms with Crippen molar-refractivity contribution in [1.29, 1.82) is 0 Å². The van der Waals surface area contributed by atoms with Crippen LogP contribution in [0, 0.1) is 13.8 Å². The van der Waals surface area contributed by atoms with E-state index in [4.69, 9.17) is 0 Å². The standard InChI is InChI=1S/C42H23F21/c1-18-4-22(10-25(6-18)36(43,44)45)32-17-34(35(42(61,62)63)24-5-19(2)7-26(13-24)37(46,47)48)33(23-11-29(40(55,56)57)15-30(12-23)41(58,59)60)16-31(32)20(3)21-8-27(38(49,50)51)14-28(9-21)39(52,53)54/h4-17H,1-3H3/b31-20+,35-34-. The van der Waals surface area contributed by atoms with E-state index < -0.39 is 143 Å². The van der Waals surface area contributed by atoms with E-state index in [1.165, 1.54) is 0 Å². The van der Waals surface area contributed by atoms with Crippen molar-refractivity contribution in [2.75, 3.05) is 0 Å². The maximum atomic E-state index is 15.5. The zero-order valence-electron chi connectivity index (χ0n) is 31.5. The van der Waals surface area contributed by atoms with E-state index in [0.717, 1.165) is 26.8 Å². The van der Waals surface area contributed by atoms with E-state index in [1.54, 1.807) is 0 Å². The lowest BCUT2D eigenvalue weighted by molar-refractivity contribution is -0.144. The van der Waals surface area contributed by atoms with Crippen LogP contribution in [-0.4, -0.2) is 6.18 Å². The SMILES string of the molecule is C/C(c1cc(C(F)(F)F)cc(C(F)(F)F)c1)=c1/cc(-c2cc(C(F)(F)F)cc(C(F)(F)F)c2)/c(=C(/c2cc(C)cc(C(F)(F)F)c2)C(F)(F)F)cc1-c1cc(C)cc(C(F)(F)F)c1. The first-order valence-corrected chi connectivity index (χ1v) is 17.3. The summed E-state index contributed by atoms with van der Waals surface area (Å²) in [6.45, 7) is 2.63. The third-order valence-corrected chi connectivity index (χ3v) is 9.44. The van der Waals surface area contributed by atoms with Gasteiger partial charge in [-0.2, -0.15) is 92.2 Å². The van der Waals surface area contributed by atoms with Crippen LogP contribution in [0.5, 0.6) is 0 Å². The molecule has 0 heterocycles. The van der Waals surface area contributed by atoms with E-state index in [0.29, 0.717) is 24.3 Å². The second kappa shape index (κ2) is 15.9. The molecule has 0 aliphatic carbocycles. The summed E-state index contributed by atoms with van der Waals surface area (Å²) < 4.78 is 300. The van der Waals surface area contributed by atoms with Crippen LogP contribution in [0.15, 0.2) is 84.9 Å². The average Bonchev–Trinajstić information content (AvgIpc) is 3.11. The molecule has 5 aromatic carbocycles. The van der Waals surface area contributed by atoms with Crippen LogP contribution in [0.1, 0.15) is 62.6 Å². The van der Waals surface area contributed by atoms with Gasteiger partial charge in [-0.05, 0) is 154 Å². The molecule has 0 spiro atoms. The van der Waals surface area contributed by atoms with Crippen molar-refractivity contribution in [1.82, 2.24) is 0 Å². The topological polar surface area (TPSA) is 0 Å². The molecule has 5 aromatic rings. The second-order valence-corrected chi connectivity index (χ2v) is 14.2. The normalized spacial score (nSPS) is 14.5. The first kappa shape index (κ1) is 48.4. The third-order valence-electron chi connectivity index (χ3n) is 9.44. The number of halogens is 21. The Bertz CT molecular complexity index is 2630. The Hall–Kier alpha value is -5.63. The van der Waals surface area contributed by atoms with Crippen molar-refractivity contribution < 1.29 is 92.2 Å². The van der Waals surface area contributed by atoms with Gasteiger partial charge in [-0.1, -0.05) is 12.1 Å². The summed E-state index contributed by atoms with van der Waals surface area (Å²) in [5, 5.41) is -2.48. The predicted molar refractivity (Wildman–Crippen MR) is 186 cm³/mol. The van der Waals surface area contributed by atoms with Crippen molar-refractivity contribution >= 4 is 11.1 Å². The lowest BCUT2D eigenvalue weighted by Crippen LogP contribution is -2.27. The van der Waals surface area contributed by atoms with E-state index >= 15 is 13.2 Å². The monoisotopic (exact) mass is 926 g/mol. The second-order valence-electron chi connectivity index (χ2n) is 14.2. The molecular weight excluding hydrogens is 903 g/mol. The highest BCUT2D eigenvalue weighted by molar-refractivity contribution is 5.83. The van der Waals surface area contributed by atoms with Gasteiger partial charge in [0.2, 0.25) is 0 Å². The van der Waals surface area contributed by atoms with E-state index in [-0.39, 0.29) is 54.1 Å². The van der Waals surface area contributed by atoms with Gasteiger partial charge in [0, 0.05) is 0 Å². The molecule has 0 saturated carbocycles. The Morgan fingerprint density at radius 1 is 0.317 bits per heavy atom. The molecule has 0 amide bonds. The van der Waals surface area contributed by atoms with Crippen LogP contribution >= 0.6 is 0 Å². The minimum atomic E-state index is -5.93. The van der Waals surface area contributed by atoms with Gasteiger partial charge in [-0.15, -0.1) is 0 Å². The summed E-state index contributed by atoms with van der Waals surface area (Å²) in [6, 6.07) is 2.10. The molecule has 63 heavy (non-hydrogen) atoms. The molecule has 0 atom stereocenters.